The maximum atomic E-state index is 14.9. The van der Waals surface area contributed by atoms with Crippen LogP contribution in [0, 0.1) is 5.82 Å². The van der Waals surface area contributed by atoms with Gasteiger partial charge < -0.3 is 11.1 Å². The van der Waals surface area contributed by atoms with E-state index in [9.17, 15) is 14.0 Å². The molecule has 2 aliphatic heterocycles. The average Bonchev–Trinajstić information content (AvgIpc) is 3.26. The van der Waals surface area contributed by atoms with Crippen LogP contribution in [0.3, 0.4) is 0 Å². The molecule has 1 aliphatic carbocycles. The van der Waals surface area contributed by atoms with Gasteiger partial charge in [0.05, 0.1) is 17.1 Å². The summed E-state index contributed by atoms with van der Waals surface area (Å²) in [6.07, 6.45) is 8.10. The Kier molecular flexibility index (Phi) is 5.65. The second kappa shape index (κ2) is 8.92. The third-order valence-electron chi connectivity index (χ3n) is 5.85. The van der Waals surface area contributed by atoms with E-state index in [2.05, 4.69) is 15.7 Å². The fourth-order valence-electron chi connectivity index (χ4n) is 4.19. The number of rotatable bonds is 4. The van der Waals surface area contributed by atoms with Gasteiger partial charge in [-0.15, -0.1) is 0 Å². The molecule has 170 valence electrons. The first-order chi connectivity index (χ1) is 16.5. The molecule has 4 N–H and O–H groups in total. The highest BCUT2D eigenvalue weighted by Crippen LogP contribution is 2.37. The van der Waals surface area contributed by atoms with Gasteiger partial charge in [0.15, 0.2) is 11.9 Å². The summed E-state index contributed by atoms with van der Waals surface area (Å²) in [5, 5.41) is 4.22. The lowest BCUT2D eigenvalue weighted by atomic mass is 9.89. The molecule has 0 radical (unpaired) electrons. The SMILES string of the molecule is Nc1ccccc1C=CC(=O)N[C@H]1NN(c2ccccc2F)C2=C3C=CN=C3CCC2=CC1=O. The fraction of sp³-hybridized carbons (Fsp3) is 0.115. The Morgan fingerprint density at radius 3 is 2.79 bits per heavy atom. The zero-order valence-electron chi connectivity index (χ0n) is 18.2. The first-order valence-corrected chi connectivity index (χ1v) is 10.9. The number of hydrogen-bond donors (Lipinski definition) is 3. The highest BCUT2D eigenvalue weighted by Gasteiger charge is 2.35. The van der Waals surface area contributed by atoms with E-state index in [4.69, 9.17) is 5.73 Å². The predicted molar refractivity (Wildman–Crippen MR) is 130 cm³/mol. The highest BCUT2D eigenvalue weighted by molar-refractivity contribution is 6.09. The molecule has 0 fully saturated rings. The largest absolute Gasteiger partial charge is 0.398 e. The van der Waals surface area contributed by atoms with Crippen LogP contribution in [0.5, 0.6) is 0 Å². The molecule has 8 heteroatoms. The number of nitrogen functional groups attached to an aromatic ring is 1. The summed E-state index contributed by atoms with van der Waals surface area (Å²) >= 11 is 0. The lowest BCUT2D eigenvalue weighted by Crippen LogP contribution is -2.55. The summed E-state index contributed by atoms with van der Waals surface area (Å²) in [4.78, 5) is 30.2. The van der Waals surface area contributed by atoms with Crippen LogP contribution in [0.4, 0.5) is 15.8 Å². The number of benzene rings is 2. The number of halogens is 1. The third-order valence-corrected chi connectivity index (χ3v) is 5.85. The maximum Gasteiger partial charge on any atom is 0.245 e. The number of ketones is 1. The number of anilines is 2. The Hall–Kier alpha value is -4.30. The molecule has 1 atom stereocenters. The van der Waals surface area contributed by atoms with E-state index in [-0.39, 0.29) is 11.5 Å². The Labute approximate surface area is 195 Å². The smallest absolute Gasteiger partial charge is 0.245 e. The molecule has 0 saturated carbocycles. The van der Waals surface area contributed by atoms with Gasteiger partial charge in [0.1, 0.15) is 5.82 Å². The van der Waals surface area contributed by atoms with Gasteiger partial charge in [-0.3, -0.25) is 19.6 Å². The molecule has 0 bridgehead atoms. The van der Waals surface area contributed by atoms with Gasteiger partial charge in [0, 0.05) is 23.5 Å². The van der Waals surface area contributed by atoms with Gasteiger partial charge in [-0.2, -0.15) is 5.43 Å². The third kappa shape index (κ3) is 4.06. The monoisotopic (exact) mass is 455 g/mol. The highest BCUT2D eigenvalue weighted by atomic mass is 19.1. The van der Waals surface area contributed by atoms with Crippen LogP contribution in [0.25, 0.3) is 6.08 Å². The summed E-state index contributed by atoms with van der Waals surface area (Å²) in [5.74, 6) is -1.30. The van der Waals surface area contributed by atoms with E-state index >= 15 is 0 Å². The number of nitrogens with zero attached hydrogens (tertiary/aromatic N) is 2. The lowest BCUT2D eigenvalue weighted by molar-refractivity contribution is -0.123. The molecular formula is C26H22FN5O2. The number of carbonyl (C=O) groups is 2. The van der Waals surface area contributed by atoms with Crippen molar-refractivity contribution in [3.8, 4) is 0 Å². The van der Waals surface area contributed by atoms with E-state index in [1.807, 2.05) is 12.1 Å². The molecule has 0 saturated heterocycles. The van der Waals surface area contributed by atoms with Crippen LogP contribution >= 0.6 is 0 Å². The number of aliphatic imine (C=N–C) groups is 1. The number of nitrogens with one attached hydrogen (secondary N) is 2. The Balaban J connectivity index is 1.49. The van der Waals surface area contributed by atoms with Crippen molar-refractivity contribution in [2.24, 2.45) is 4.99 Å². The first-order valence-electron chi connectivity index (χ1n) is 10.9. The average molecular weight is 455 g/mol. The van der Waals surface area contributed by atoms with E-state index in [1.165, 1.54) is 23.2 Å². The number of carbonyl (C=O) groups excluding carboxylic acids is 2. The molecule has 5 rings (SSSR count). The number of hydrogen-bond acceptors (Lipinski definition) is 6. The molecule has 0 unspecified atom stereocenters. The van der Waals surface area contributed by atoms with Crippen molar-refractivity contribution >= 4 is 34.9 Å². The van der Waals surface area contributed by atoms with Crippen molar-refractivity contribution in [1.82, 2.24) is 10.7 Å². The second-order valence-electron chi connectivity index (χ2n) is 8.05. The number of fused-ring (bicyclic) bond motifs is 2. The standard InChI is InChI=1S/C26H22FN5O2/c27-19-6-2-4-8-22(19)32-25-17(9-11-21-18(25)13-14-29-21)15-23(33)26(31-32)30-24(34)12-10-16-5-1-3-7-20(16)28/h1-8,10,12-15,26,31H,9,11,28H2,(H,30,34)/t26-/m0/s1. The van der Waals surface area contributed by atoms with Gasteiger partial charge in [-0.1, -0.05) is 30.3 Å². The number of hydrazine groups is 1. The molecular weight excluding hydrogens is 433 g/mol. The number of amides is 1. The second-order valence-corrected chi connectivity index (χ2v) is 8.05. The number of nitrogens with two attached hydrogens (primary N) is 1. The number of para-hydroxylation sites is 2. The Morgan fingerprint density at radius 2 is 1.97 bits per heavy atom. The van der Waals surface area contributed by atoms with Crippen molar-refractivity contribution in [2.45, 2.75) is 19.0 Å². The van der Waals surface area contributed by atoms with Gasteiger partial charge in [-0.25, -0.2) is 4.39 Å². The Morgan fingerprint density at radius 1 is 1.18 bits per heavy atom. The summed E-state index contributed by atoms with van der Waals surface area (Å²) in [6, 6.07) is 13.4. The molecule has 2 heterocycles. The van der Waals surface area contributed by atoms with Gasteiger partial charge in [0.25, 0.3) is 0 Å². The summed E-state index contributed by atoms with van der Waals surface area (Å²) < 4.78 is 14.9. The van der Waals surface area contributed by atoms with Crippen molar-refractivity contribution < 1.29 is 14.0 Å². The van der Waals surface area contributed by atoms with E-state index in [1.54, 1.807) is 48.7 Å². The van der Waals surface area contributed by atoms with Crippen LogP contribution < -0.4 is 21.5 Å². The predicted octanol–water partition coefficient (Wildman–Crippen LogP) is 3.40. The maximum absolute atomic E-state index is 14.9. The molecule has 7 nitrogen and oxygen atoms in total. The summed E-state index contributed by atoms with van der Waals surface area (Å²) in [5.41, 5.74) is 13.5. The van der Waals surface area contributed by atoms with Gasteiger partial charge >= 0.3 is 0 Å². The topological polar surface area (TPSA) is 99.8 Å². The van der Waals surface area contributed by atoms with E-state index in [0.29, 0.717) is 29.8 Å². The molecule has 2 aromatic rings. The molecule has 1 amide bonds. The lowest BCUT2D eigenvalue weighted by Gasteiger charge is -2.33. The quantitative estimate of drug-likeness (QED) is 0.485. The molecule has 0 aromatic heterocycles. The minimum atomic E-state index is -1.11. The normalized spacial score (nSPS) is 19.5. The van der Waals surface area contributed by atoms with Crippen LogP contribution in [0.1, 0.15) is 18.4 Å². The van der Waals surface area contributed by atoms with E-state index < -0.39 is 17.9 Å². The molecule has 0 spiro atoms. The van der Waals surface area contributed by atoms with E-state index in [0.717, 1.165) is 16.9 Å². The Bertz CT molecular complexity index is 1340. The van der Waals surface area contributed by atoms with Gasteiger partial charge in [0.2, 0.25) is 5.91 Å². The van der Waals surface area contributed by atoms with Crippen molar-refractivity contribution in [3.05, 3.63) is 101 Å². The summed E-state index contributed by atoms with van der Waals surface area (Å²) in [6.45, 7) is 0. The zero-order chi connectivity index (χ0) is 23.7. The van der Waals surface area contributed by atoms with Crippen LogP contribution in [0.2, 0.25) is 0 Å². The minimum absolute atomic E-state index is 0.235. The van der Waals surface area contributed by atoms with Crippen LogP contribution in [-0.4, -0.2) is 23.6 Å². The van der Waals surface area contributed by atoms with Crippen LogP contribution in [-0.2, 0) is 9.59 Å². The van der Waals surface area contributed by atoms with Crippen LogP contribution in [0.15, 0.2) is 94.8 Å². The number of allylic oxidation sites excluding steroid dienone is 3. The van der Waals surface area contributed by atoms with Crippen molar-refractivity contribution in [1.29, 1.82) is 0 Å². The van der Waals surface area contributed by atoms with Gasteiger partial charge in [-0.05, 0) is 60.4 Å². The first kappa shape index (κ1) is 21.5. The molecule has 2 aromatic carbocycles. The molecule has 34 heavy (non-hydrogen) atoms. The minimum Gasteiger partial charge on any atom is -0.398 e. The zero-order valence-corrected chi connectivity index (χ0v) is 18.2. The summed E-state index contributed by atoms with van der Waals surface area (Å²) in [7, 11) is 0. The molecule has 3 aliphatic rings. The fourth-order valence-corrected chi connectivity index (χ4v) is 4.19. The van der Waals surface area contributed by atoms with Crippen molar-refractivity contribution in [3.63, 3.8) is 0 Å². The van der Waals surface area contributed by atoms with Crippen molar-refractivity contribution in [2.75, 3.05) is 10.7 Å².